The summed E-state index contributed by atoms with van der Waals surface area (Å²) in [5.41, 5.74) is 4.69. The summed E-state index contributed by atoms with van der Waals surface area (Å²) in [5, 5.41) is 0. The first kappa shape index (κ1) is 24.4. The maximum atomic E-state index is 13.9. The molecule has 0 saturated heterocycles. The number of rotatable bonds is 4. The molecule has 5 nitrogen and oxygen atoms in total. The zero-order valence-corrected chi connectivity index (χ0v) is 21.6. The van der Waals surface area contributed by atoms with E-state index in [1.807, 2.05) is 53.8 Å². The highest BCUT2D eigenvalue weighted by molar-refractivity contribution is 6.08. The fraction of sp³-hybridized carbons (Fsp3) is 0.419. The SMILES string of the molecule is CC.COc1cc(-n2ccc(C=O)c2)ccc1C(=O)N1CCC2(CCCC3CC32)Cc2ccccc21. The standard InChI is InChI=1S/C29H30N2O3.C2H6/c1-34-27-16-23(30-13-10-20(18-30)19-32)8-9-24(27)28(33)31-14-12-29(11-4-6-21-15-25(21)29)17-22-5-2-3-7-26(22)31;1-2/h2-3,5,7-10,13,16,18-19,21,25H,4,6,11-12,14-15,17H2,1H3;1-2H3. The summed E-state index contributed by atoms with van der Waals surface area (Å²) in [7, 11) is 1.60. The third kappa shape index (κ3) is 4.25. The molecule has 3 aliphatic rings. The Morgan fingerprint density at radius 2 is 1.94 bits per heavy atom. The van der Waals surface area contributed by atoms with Crippen LogP contribution in [0.3, 0.4) is 0 Å². The lowest BCUT2D eigenvalue weighted by Crippen LogP contribution is -2.35. The van der Waals surface area contributed by atoms with Crippen molar-refractivity contribution >= 4 is 17.9 Å². The van der Waals surface area contributed by atoms with Crippen molar-refractivity contribution in [2.24, 2.45) is 17.3 Å². The number of hydrogen-bond acceptors (Lipinski definition) is 3. The van der Waals surface area contributed by atoms with E-state index in [2.05, 4.69) is 18.2 Å². The fourth-order valence-electron chi connectivity index (χ4n) is 6.61. The molecule has 0 radical (unpaired) electrons. The van der Waals surface area contributed by atoms with E-state index in [1.165, 1.54) is 31.2 Å². The molecule has 5 heteroatoms. The van der Waals surface area contributed by atoms with Crippen LogP contribution in [0.1, 0.15) is 72.2 Å². The van der Waals surface area contributed by atoms with Gasteiger partial charge in [0.15, 0.2) is 6.29 Å². The quantitative estimate of drug-likeness (QED) is 0.386. The van der Waals surface area contributed by atoms with Gasteiger partial charge >= 0.3 is 0 Å². The average Bonchev–Trinajstić information content (AvgIpc) is 3.62. The Kier molecular flexibility index (Phi) is 6.74. The van der Waals surface area contributed by atoms with Gasteiger partial charge in [-0.05, 0) is 72.8 Å². The van der Waals surface area contributed by atoms with Crippen molar-refractivity contribution in [3.8, 4) is 11.4 Å². The summed E-state index contributed by atoms with van der Waals surface area (Å²) < 4.78 is 7.54. The number of para-hydroxylation sites is 1. The van der Waals surface area contributed by atoms with Crippen LogP contribution in [0.5, 0.6) is 5.75 Å². The third-order valence-corrected chi connectivity index (χ3v) is 8.43. The van der Waals surface area contributed by atoms with E-state index >= 15 is 0 Å². The number of aldehydes is 1. The van der Waals surface area contributed by atoms with Gasteiger partial charge in [0.1, 0.15) is 5.75 Å². The Morgan fingerprint density at radius 3 is 2.72 bits per heavy atom. The van der Waals surface area contributed by atoms with Crippen LogP contribution in [-0.4, -0.2) is 30.4 Å². The molecule has 3 aromatic rings. The Balaban J connectivity index is 0.00000130. The molecule has 1 aliphatic heterocycles. The maximum absolute atomic E-state index is 13.9. The van der Waals surface area contributed by atoms with Gasteiger partial charge in [-0.25, -0.2) is 0 Å². The van der Waals surface area contributed by atoms with Gasteiger partial charge in [-0.2, -0.15) is 0 Å². The molecule has 2 heterocycles. The van der Waals surface area contributed by atoms with Gasteiger partial charge in [0, 0.05) is 41.9 Å². The van der Waals surface area contributed by atoms with Gasteiger partial charge in [0.05, 0.1) is 12.7 Å². The number of anilines is 1. The van der Waals surface area contributed by atoms with E-state index in [-0.39, 0.29) is 5.91 Å². The smallest absolute Gasteiger partial charge is 0.262 e. The number of amides is 1. The predicted molar refractivity (Wildman–Crippen MR) is 143 cm³/mol. The van der Waals surface area contributed by atoms with Gasteiger partial charge in [-0.1, -0.05) is 44.9 Å². The van der Waals surface area contributed by atoms with Crippen LogP contribution >= 0.6 is 0 Å². The van der Waals surface area contributed by atoms with Crippen molar-refractivity contribution in [3.63, 3.8) is 0 Å². The minimum Gasteiger partial charge on any atom is -0.496 e. The molecule has 3 unspecified atom stereocenters. The molecule has 1 spiro atoms. The molecular formula is C31H36N2O3. The lowest BCUT2D eigenvalue weighted by Gasteiger charge is -2.37. The largest absolute Gasteiger partial charge is 0.496 e. The third-order valence-electron chi connectivity index (χ3n) is 8.43. The molecule has 2 aromatic carbocycles. The normalized spacial score (nSPS) is 24.0. The lowest BCUT2D eigenvalue weighted by molar-refractivity contribution is 0.0975. The number of nitrogens with zero attached hydrogens (tertiary/aromatic N) is 2. The first-order valence-electron chi connectivity index (χ1n) is 13.3. The number of fused-ring (bicyclic) bond motifs is 3. The highest BCUT2D eigenvalue weighted by Gasteiger charge is 2.55. The number of carbonyl (C=O) groups is 2. The molecule has 36 heavy (non-hydrogen) atoms. The van der Waals surface area contributed by atoms with Crippen LogP contribution in [0.2, 0.25) is 0 Å². The van der Waals surface area contributed by atoms with Crippen molar-refractivity contribution < 1.29 is 14.3 Å². The summed E-state index contributed by atoms with van der Waals surface area (Å²) in [5.74, 6) is 2.26. The summed E-state index contributed by atoms with van der Waals surface area (Å²) in [6.07, 6.45) is 11.9. The van der Waals surface area contributed by atoms with Gasteiger partial charge in [0.2, 0.25) is 0 Å². The summed E-state index contributed by atoms with van der Waals surface area (Å²) in [6, 6.07) is 15.8. The van der Waals surface area contributed by atoms with E-state index < -0.39 is 0 Å². The van der Waals surface area contributed by atoms with Crippen LogP contribution in [0.15, 0.2) is 60.9 Å². The molecule has 188 valence electrons. The summed E-state index contributed by atoms with van der Waals surface area (Å²) in [4.78, 5) is 27.0. The van der Waals surface area contributed by atoms with Crippen molar-refractivity contribution in [2.45, 2.75) is 52.4 Å². The number of methoxy groups -OCH3 is 1. The van der Waals surface area contributed by atoms with Crippen LogP contribution < -0.4 is 9.64 Å². The van der Waals surface area contributed by atoms with E-state index in [9.17, 15) is 9.59 Å². The Morgan fingerprint density at radius 1 is 1.11 bits per heavy atom. The monoisotopic (exact) mass is 484 g/mol. The first-order valence-corrected chi connectivity index (χ1v) is 13.3. The molecule has 2 fully saturated rings. The van der Waals surface area contributed by atoms with Crippen molar-refractivity contribution in [1.29, 1.82) is 0 Å². The Labute approximate surface area is 214 Å². The maximum Gasteiger partial charge on any atom is 0.262 e. The molecule has 6 rings (SSSR count). The van der Waals surface area contributed by atoms with Gasteiger partial charge in [-0.3, -0.25) is 9.59 Å². The van der Waals surface area contributed by atoms with Crippen LogP contribution in [0.4, 0.5) is 5.69 Å². The molecule has 0 N–H and O–H groups in total. The highest BCUT2D eigenvalue weighted by atomic mass is 16.5. The molecule has 1 aromatic heterocycles. The van der Waals surface area contributed by atoms with Crippen molar-refractivity contribution in [3.05, 3.63) is 77.6 Å². The fourth-order valence-corrected chi connectivity index (χ4v) is 6.61. The number of ether oxygens (including phenoxy) is 1. The first-order chi connectivity index (χ1) is 17.6. The Hall–Kier alpha value is -3.34. The second kappa shape index (κ2) is 9.96. The van der Waals surface area contributed by atoms with E-state index in [1.54, 1.807) is 19.4 Å². The molecular weight excluding hydrogens is 448 g/mol. The second-order valence-electron chi connectivity index (χ2n) is 10.2. The van der Waals surface area contributed by atoms with Crippen molar-refractivity contribution in [1.82, 2.24) is 4.57 Å². The van der Waals surface area contributed by atoms with Crippen LogP contribution in [0.25, 0.3) is 5.69 Å². The number of hydrogen-bond donors (Lipinski definition) is 0. The Bertz CT molecular complexity index is 1260. The topological polar surface area (TPSA) is 51.5 Å². The molecule has 1 amide bonds. The number of aromatic nitrogens is 1. The summed E-state index contributed by atoms with van der Waals surface area (Å²) >= 11 is 0. The minimum absolute atomic E-state index is 0.0165. The zero-order valence-electron chi connectivity index (χ0n) is 21.6. The number of carbonyl (C=O) groups excluding carboxylic acids is 2. The van der Waals surface area contributed by atoms with Crippen LogP contribution in [-0.2, 0) is 6.42 Å². The van der Waals surface area contributed by atoms with E-state index in [0.29, 0.717) is 22.3 Å². The zero-order chi connectivity index (χ0) is 25.3. The predicted octanol–water partition coefficient (Wildman–Crippen LogP) is 6.72. The van der Waals surface area contributed by atoms with Gasteiger partial charge < -0.3 is 14.2 Å². The molecule has 0 bridgehead atoms. The molecule has 2 aliphatic carbocycles. The molecule has 3 atom stereocenters. The minimum atomic E-state index is -0.0165. The number of benzene rings is 2. The van der Waals surface area contributed by atoms with E-state index in [0.717, 1.165) is 48.9 Å². The van der Waals surface area contributed by atoms with Gasteiger partial charge in [-0.15, -0.1) is 0 Å². The molecule has 2 saturated carbocycles. The lowest BCUT2D eigenvalue weighted by atomic mass is 9.68. The van der Waals surface area contributed by atoms with Gasteiger partial charge in [0.25, 0.3) is 5.91 Å². The summed E-state index contributed by atoms with van der Waals surface area (Å²) in [6.45, 7) is 4.74. The van der Waals surface area contributed by atoms with Crippen LogP contribution in [0, 0.1) is 17.3 Å². The average molecular weight is 485 g/mol. The van der Waals surface area contributed by atoms with E-state index in [4.69, 9.17) is 4.74 Å². The van der Waals surface area contributed by atoms with Crippen molar-refractivity contribution in [2.75, 3.05) is 18.6 Å². The second-order valence-corrected chi connectivity index (χ2v) is 10.2. The highest BCUT2D eigenvalue weighted by Crippen LogP contribution is 2.63.